The zero-order valence-corrected chi connectivity index (χ0v) is 20.7. The lowest BCUT2D eigenvalue weighted by Gasteiger charge is -2.29. The highest BCUT2D eigenvalue weighted by atomic mass is 32.1. The standard InChI is InChI=1S/C27H25N3O4S/c1-5-34-26(33)19-9-7-11-22(14-19)29-17(3)13-20(18(29)4)15-23-24(31)28-27(35)30(25(23)32)21-10-6-8-16(2)12-21/h6-15H,5H2,1-4H3,(H,28,31,35)/b23-15+. The summed E-state index contributed by atoms with van der Waals surface area (Å²) in [6.45, 7) is 7.79. The van der Waals surface area contributed by atoms with E-state index < -0.39 is 17.8 Å². The molecule has 0 atom stereocenters. The van der Waals surface area contributed by atoms with E-state index in [1.807, 2.05) is 55.7 Å². The smallest absolute Gasteiger partial charge is 0.338 e. The zero-order chi connectivity index (χ0) is 25.3. The maximum atomic E-state index is 13.4. The Morgan fingerprint density at radius 3 is 2.46 bits per heavy atom. The molecule has 0 saturated carbocycles. The summed E-state index contributed by atoms with van der Waals surface area (Å²) in [7, 11) is 0. The van der Waals surface area contributed by atoms with Crippen LogP contribution in [0.1, 0.15) is 39.8 Å². The fourth-order valence-electron chi connectivity index (χ4n) is 4.13. The third-order valence-corrected chi connectivity index (χ3v) is 6.03. The number of esters is 1. The Bertz CT molecular complexity index is 1400. The van der Waals surface area contributed by atoms with Crippen molar-refractivity contribution >= 4 is 46.9 Å². The van der Waals surface area contributed by atoms with Gasteiger partial charge < -0.3 is 9.30 Å². The Morgan fingerprint density at radius 2 is 1.74 bits per heavy atom. The predicted octanol–water partition coefficient (Wildman–Crippen LogP) is 4.41. The molecule has 1 aliphatic heterocycles. The molecule has 0 radical (unpaired) electrons. The van der Waals surface area contributed by atoms with E-state index >= 15 is 0 Å². The second kappa shape index (κ2) is 9.68. The van der Waals surface area contributed by atoms with Gasteiger partial charge in [-0.25, -0.2) is 4.79 Å². The van der Waals surface area contributed by atoms with Gasteiger partial charge in [-0.15, -0.1) is 0 Å². The van der Waals surface area contributed by atoms with Crippen LogP contribution in [0.3, 0.4) is 0 Å². The van der Waals surface area contributed by atoms with Crippen LogP contribution in [0.2, 0.25) is 0 Å². The number of hydrogen-bond acceptors (Lipinski definition) is 5. The third kappa shape index (κ3) is 4.65. The number of benzene rings is 2. The first-order valence-electron chi connectivity index (χ1n) is 11.2. The second-order valence-electron chi connectivity index (χ2n) is 8.23. The summed E-state index contributed by atoms with van der Waals surface area (Å²) in [5.41, 5.74) is 5.16. The Labute approximate surface area is 209 Å². The number of aromatic nitrogens is 1. The van der Waals surface area contributed by atoms with Crippen molar-refractivity contribution in [3.8, 4) is 5.69 Å². The molecular formula is C27H25N3O4S. The summed E-state index contributed by atoms with van der Waals surface area (Å²) in [5.74, 6) is -1.42. The average Bonchev–Trinajstić information content (AvgIpc) is 3.09. The monoisotopic (exact) mass is 487 g/mol. The molecule has 4 rings (SSSR count). The Hall–Kier alpha value is -4.04. The van der Waals surface area contributed by atoms with Gasteiger partial charge in [0.05, 0.1) is 17.9 Å². The zero-order valence-electron chi connectivity index (χ0n) is 19.9. The number of amides is 2. The first-order valence-corrected chi connectivity index (χ1v) is 11.6. The van der Waals surface area contributed by atoms with Crippen LogP contribution in [-0.2, 0) is 14.3 Å². The summed E-state index contributed by atoms with van der Waals surface area (Å²) < 4.78 is 7.08. The molecule has 8 heteroatoms. The summed E-state index contributed by atoms with van der Waals surface area (Å²) in [6, 6.07) is 16.4. The lowest BCUT2D eigenvalue weighted by Crippen LogP contribution is -2.54. The number of hydrogen-bond donors (Lipinski definition) is 1. The molecule has 7 nitrogen and oxygen atoms in total. The largest absolute Gasteiger partial charge is 0.462 e. The molecule has 35 heavy (non-hydrogen) atoms. The fourth-order valence-corrected chi connectivity index (χ4v) is 4.41. The summed E-state index contributed by atoms with van der Waals surface area (Å²) in [4.78, 5) is 39.6. The lowest BCUT2D eigenvalue weighted by molar-refractivity contribution is -0.122. The Morgan fingerprint density at radius 1 is 1.03 bits per heavy atom. The van der Waals surface area contributed by atoms with Crippen molar-refractivity contribution in [3.05, 3.63) is 88.2 Å². The van der Waals surface area contributed by atoms with Crippen molar-refractivity contribution in [3.63, 3.8) is 0 Å². The first-order chi connectivity index (χ1) is 16.7. The van der Waals surface area contributed by atoms with Crippen LogP contribution in [0, 0.1) is 20.8 Å². The lowest BCUT2D eigenvalue weighted by atomic mass is 10.1. The van der Waals surface area contributed by atoms with Crippen molar-refractivity contribution in [2.75, 3.05) is 11.5 Å². The van der Waals surface area contributed by atoms with E-state index in [4.69, 9.17) is 17.0 Å². The van der Waals surface area contributed by atoms with Crippen molar-refractivity contribution in [1.29, 1.82) is 0 Å². The number of rotatable bonds is 5. The molecule has 178 valence electrons. The van der Waals surface area contributed by atoms with E-state index in [0.29, 0.717) is 23.4 Å². The number of nitrogens with zero attached hydrogens (tertiary/aromatic N) is 2. The molecule has 1 N–H and O–H groups in total. The van der Waals surface area contributed by atoms with Crippen LogP contribution in [0.15, 0.2) is 60.2 Å². The minimum Gasteiger partial charge on any atom is -0.462 e. The van der Waals surface area contributed by atoms with E-state index in [9.17, 15) is 14.4 Å². The van der Waals surface area contributed by atoms with E-state index in [-0.39, 0.29) is 10.7 Å². The van der Waals surface area contributed by atoms with Crippen molar-refractivity contribution in [1.82, 2.24) is 9.88 Å². The van der Waals surface area contributed by atoms with Crippen molar-refractivity contribution < 1.29 is 19.1 Å². The van der Waals surface area contributed by atoms with E-state index in [0.717, 1.165) is 22.6 Å². The van der Waals surface area contributed by atoms with E-state index in [2.05, 4.69) is 5.32 Å². The average molecular weight is 488 g/mol. The van der Waals surface area contributed by atoms with Gasteiger partial charge in [-0.05, 0) is 93.5 Å². The first kappa shape index (κ1) is 24.1. The molecule has 1 aliphatic rings. The molecule has 0 spiro atoms. The molecule has 3 aromatic rings. The molecule has 2 heterocycles. The van der Waals surface area contributed by atoms with Gasteiger partial charge >= 0.3 is 5.97 Å². The number of nitrogens with one attached hydrogen (secondary N) is 1. The highest BCUT2D eigenvalue weighted by Crippen LogP contribution is 2.27. The molecule has 1 aromatic heterocycles. The second-order valence-corrected chi connectivity index (χ2v) is 8.62. The number of ether oxygens (including phenoxy) is 1. The van der Waals surface area contributed by atoms with Crippen LogP contribution in [-0.4, -0.2) is 34.1 Å². The molecule has 0 aliphatic carbocycles. The fraction of sp³-hybridized carbons (Fsp3) is 0.185. The summed E-state index contributed by atoms with van der Waals surface area (Å²) in [5, 5.41) is 2.67. The van der Waals surface area contributed by atoms with Gasteiger partial charge in [0.2, 0.25) is 0 Å². The van der Waals surface area contributed by atoms with Gasteiger partial charge in [0, 0.05) is 17.1 Å². The predicted molar refractivity (Wildman–Crippen MR) is 139 cm³/mol. The van der Waals surface area contributed by atoms with Crippen LogP contribution in [0.5, 0.6) is 0 Å². The molecule has 2 amide bonds. The highest BCUT2D eigenvalue weighted by Gasteiger charge is 2.34. The summed E-state index contributed by atoms with van der Waals surface area (Å²) >= 11 is 5.29. The number of carbonyl (C=O) groups excluding carboxylic acids is 3. The van der Waals surface area contributed by atoms with Crippen LogP contribution in [0.25, 0.3) is 11.8 Å². The van der Waals surface area contributed by atoms with Crippen LogP contribution >= 0.6 is 12.2 Å². The van der Waals surface area contributed by atoms with E-state index in [1.165, 1.54) is 4.90 Å². The Balaban J connectivity index is 1.74. The Kier molecular flexibility index (Phi) is 6.66. The van der Waals surface area contributed by atoms with E-state index in [1.54, 1.807) is 37.3 Å². The van der Waals surface area contributed by atoms with Crippen molar-refractivity contribution in [2.45, 2.75) is 27.7 Å². The quantitative estimate of drug-likeness (QED) is 0.250. The number of anilines is 1. The molecule has 2 aromatic carbocycles. The topological polar surface area (TPSA) is 80.6 Å². The van der Waals surface area contributed by atoms with Crippen LogP contribution in [0.4, 0.5) is 5.69 Å². The van der Waals surface area contributed by atoms with Crippen LogP contribution < -0.4 is 10.2 Å². The SMILES string of the molecule is CCOC(=O)c1cccc(-n2c(C)cc(/C=C3\C(=O)NC(=S)N(c4cccc(C)c4)C3=O)c2C)c1. The van der Waals surface area contributed by atoms with Gasteiger partial charge in [-0.2, -0.15) is 0 Å². The van der Waals surface area contributed by atoms with Gasteiger partial charge in [-0.3, -0.25) is 19.8 Å². The minimum atomic E-state index is -0.544. The highest BCUT2D eigenvalue weighted by molar-refractivity contribution is 7.80. The third-order valence-electron chi connectivity index (χ3n) is 5.75. The van der Waals surface area contributed by atoms with Crippen molar-refractivity contribution in [2.24, 2.45) is 0 Å². The molecule has 1 saturated heterocycles. The summed E-state index contributed by atoms with van der Waals surface area (Å²) in [6.07, 6.45) is 1.58. The number of aryl methyl sites for hydroxylation is 2. The normalized spacial score (nSPS) is 14.9. The van der Waals surface area contributed by atoms with Gasteiger partial charge in [0.1, 0.15) is 5.57 Å². The number of thiocarbonyl (C=S) groups is 1. The molecule has 1 fully saturated rings. The number of carbonyl (C=O) groups is 3. The minimum absolute atomic E-state index is 0.0133. The van der Waals surface area contributed by atoms with Gasteiger partial charge in [0.15, 0.2) is 5.11 Å². The molecular weight excluding hydrogens is 462 g/mol. The maximum absolute atomic E-state index is 13.4. The van der Waals surface area contributed by atoms with Gasteiger partial charge in [-0.1, -0.05) is 18.2 Å². The van der Waals surface area contributed by atoms with Gasteiger partial charge in [0.25, 0.3) is 11.8 Å². The maximum Gasteiger partial charge on any atom is 0.338 e. The molecule has 0 bridgehead atoms. The molecule has 0 unspecified atom stereocenters.